The van der Waals surface area contributed by atoms with Crippen molar-refractivity contribution in [3.05, 3.63) is 52.2 Å². The third-order valence-electron chi connectivity index (χ3n) is 2.99. The third kappa shape index (κ3) is 2.02. The molecule has 20 heavy (non-hydrogen) atoms. The SMILES string of the molecule is O=CCn1cnc2occ(-c3ccc(Cl)cc3)c2c1=O. The minimum atomic E-state index is -0.305. The molecule has 0 atom stereocenters. The first kappa shape index (κ1) is 12.6. The Morgan fingerprint density at radius 3 is 2.75 bits per heavy atom. The maximum Gasteiger partial charge on any atom is 0.265 e. The van der Waals surface area contributed by atoms with Crippen LogP contribution in [0.25, 0.3) is 22.2 Å². The summed E-state index contributed by atoms with van der Waals surface area (Å²) in [5, 5.41) is 0.967. The molecular weight excluding hydrogens is 280 g/mol. The molecule has 2 heterocycles. The van der Waals surface area contributed by atoms with Crippen LogP contribution in [0.4, 0.5) is 0 Å². The molecular formula is C14H9ClN2O3. The second-order valence-corrected chi connectivity index (χ2v) is 4.64. The van der Waals surface area contributed by atoms with Gasteiger partial charge in [0.05, 0.1) is 6.54 Å². The number of fused-ring (bicyclic) bond motifs is 1. The lowest BCUT2D eigenvalue weighted by Crippen LogP contribution is -2.20. The number of hydrogen-bond donors (Lipinski definition) is 0. The highest BCUT2D eigenvalue weighted by molar-refractivity contribution is 6.30. The van der Waals surface area contributed by atoms with E-state index in [-0.39, 0.29) is 17.8 Å². The van der Waals surface area contributed by atoms with E-state index in [9.17, 15) is 9.59 Å². The van der Waals surface area contributed by atoms with Crippen molar-refractivity contribution in [1.82, 2.24) is 9.55 Å². The molecule has 1 aromatic carbocycles. The van der Waals surface area contributed by atoms with Crippen LogP contribution in [0.1, 0.15) is 0 Å². The smallest absolute Gasteiger partial charge is 0.265 e. The molecule has 0 saturated carbocycles. The quantitative estimate of drug-likeness (QED) is 0.695. The molecule has 6 heteroatoms. The van der Waals surface area contributed by atoms with Crippen LogP contribution in [-0.2, 0) is 11.3 Å². The molecule has 0 saturated heterocycles. The second-order valence-electron chi connectivity index (χ2n) is 4.21. The molecule has 2 aromatic heterocycles. The first-order valence-corrected chi connectivity index (χ1v) is 6.24. The van der Waals surface area contributed by atoms with Gasteiger partial charge in [-0.05, 0) is 17.7 Å². The van der Waals surface area contributed by atoms with Gasteiger partial charge in [0, 0.05) is 10.6 Å². The largest absolute Gasteiger partial charge is 0.445 e. The Morgan fingerprint density at radius 1 is 1.30 bits per heavy atom. The lowest BCUT2D eigenvalue weighted by Gasteiger charge is -2.01. The number of carbonyl (C=O) groups is 1. The van der Waals surface area contributed by atoms with Gasteiger partial charge in [0.1, 0.15) is 24.3 Å². The van der Waals surface area contributed by atoms with E-state index < -0.39 is 0 Å². The van der Waals surface area contributed by atoms with Crippen molar-refractivity contribution < 1.29 is 9.21 Å². The highest BCUT2D eigenvalue weighted by atomic mass is 35.5. The molecule has 0 aliphatic heterocycles. The summed E-state index contributed by atoms with van der Waals surface area (Å²) in [6, 6.07) is 7.05. The van der Waals surface area contributed by atoms with Gasteiger partial charge in [0.15, 0.2) is 0 Å². The van der Waals surface area contributed by atoms with Crippen molar-refractivity contribution >= 4 is 29.0 Å². The third-order valence-corrected chi connectivity index (χ3v) is 3.24. The number of rotatable bonds is 3. The van der Waals surface area contributed by atoms with E-state index in [2.05, 4.69) is 4.98 Å². The van der Waals surface area contributed by atoms with Crippen LogP contribution in [0.5, 0.6) is 0 Å². The van der Waals surface area contributed by atoms with Gasteiger partial charge in [0.2, 0.25) is 5.71 Å². The fourth-order valence-corrected chi connectivity index (χ4v) is 2.15. The van der Waals surface area contributed by atoms with E-state index in [0.29, 0.717) is 22.3 Å². The maximum atomic E-state index is 12.3. The molecule has 0 amide bonds. The predicted molar refractivity (Wildman–Crippen MR) is 74.8 cm³/mol. The van der Waals surface area contributed by atoms with Crippen LogP contribution >= 0.6 is 11.6 Å². The fraction of sp³-hybridized carbons (Fsp3) is 0.0714. The van der Waals surface area contributed by atoms with Gasteiger partial charge in [-0.1, -0.05) is 23.7 Å². The van der Waals surface area contributed by atoms with Gasteiger partial charge in [0.25, 0.3) is 5.56 Å². The molecule has 5 nitrogen and oxygen atoms in total. The Kier molecular flexibility index (Phi) is 3.12. The van der Waals surface area contributed by atoms with E-state index in [1.165, 1.54) is 17.2 Å². The number of hydrogen-bond acceptors (Lipinski definition) is 4. The zero-order chi connectivity index (χ0) is 14.1. The monoisotopic (exact) mass is 288 g/mol. The molecule has 0 N–H and O–H groups in total. The van der Waals surface area contributed by atoms with E-state index in [4.69, 9.17) is 16.0 Å². The summed E-state index contributed by atoms with van der Waals surface area (Å²) in [5.41, 5.74) is 1.38. The Bertz CT molecular complexity index is 834. The molecule has 0 aliphatic rings. The average molecular weight is 289 g/mol. The van der Waals surface area contributed by atoms with Crippen LogP contribution in [-0.4, -0.2) is 15.8 Å². The number of nitrogens with zero attached hydrogens (tertiary/aromatic N) is 2. The van der Waals surface area contributed by atoms with E-state index in [1.54, 1.807) is 24.3 Å². The van der Waals surface area contributed by atoms with Crippen LogP contribution < -0.4 is 5.56 Å². The minimum Gasteiger partial charge on any atom is -0.445 e. The number of halogens is 1. The highest BCUT2D eigenvalue weighted by Gasteiger charge is 2.14. The van der Waals surface area contributed by atoms with Gasteiger partial charge in [-0.25, -0.2) is 4.98 Å². The Balaban J connectivity index is 2.26. The molecule has 3 rings (SSSR count). The van der Waals surface area contributed by atoms with Gasteiger partial charge < -0.3 is 9.21 Å². The molecule has 0 spiro atoms. The van der Waals surface area contributed by atoms with Crippen molar-refractivity contribution in [1.29, 1.82) is 0 Å². The van der Waals surface area contributed by atoms with Crippen LogP contribution in [0.3, 0.4) is 0 Å². The summed E-state index contributed by atoms with van der Waals surface area (Å²) in [4.78, 5) is 26.9. The van der Waals surface area contributed by atoms with E-state index in [1.807, 2.05) is 0 Å². The summed E-state index contributed by atoms with van der Waals surface area (Å²) < 4.78 is 6.54. The van der Waals surface area contributed by atoms with E-state index in [0.717, 1.165) is 5.56 Å². The number of furan rings is 1. The van der Waals surface area contributed by atoms with Crippen molar-refractivity contribution in [2.75, 3.05) is 0 Å². The molecule has 0 radical (unpaired) electrons. The first-order valence-electron chi connectivity index (χ1n) is 5.87. The summed E-state index contributed by atoms with van der Waals surface area (Å²) in [6.07, 6.45) is 3.43. The number of carbonyl (C=O) groups excluding carboxylic acids is 1. The summed E-state index contributed by atoms with van der Waals surface area (Å²) >= 11 is 5.85. The molecule has 0 unspecified atom stereocenters. The lowest BCUT2D eigenvalue weighted by atomic mass is 10.1. The van der Waals surface area contributed by atoms with Crippen LogP contribution in [0.15, 0.2) is 46.1 Å². The molecule has 0 fully saturated rings. The number of aldehydes is 1. The molecule has 0 aliphatic carbocycles. The zero-order valence-electron chi connectivity index (χ0n) is 10.2. The molecule has 0 bridgehead atoms. The first-order chi connectivity index (χ1) is 9.70. The second kappa shape index (κ2) is 4.94. The minimum absolute atomic E-state index is 0.0347. The normalized spacial score (nSPS) is 10.8. The Labute approximate surface area is 118 Å². The lowest BCUT2D eigenvalue weighted by molar-refractivity contribution is -0.108. The summed E-state index contributed by atoms with van der Waals surface area (Å²) in [7, 11) is 0. The molecule has 3 aromatic rings. The standard InChI is InChI=1S/C14H9ClN2O3/c15-10-3-1-9(2-4-10)11-7-20-13-12(11)14(19)17(5-6-18)8-16-13/h1-4,6-8H,5H2. The van der Waals surface area contributed by atoms with Crippen molar-refractivity contribution in [3.63, 3.8) is 0 Å². The fourth-order valence-electron chi connectivity index (χ4n) is 2.02. The van der Waals surface area contributed by atoms with Crippen molar-refractivity contribution in [2.24, 2.45) is 0 Å². The van der Waals surface area contributed by atoms with Gasteiger partial charge >= 0.3 is 0 Å². The van der Waals surface area contributed by atoms with Crippen LogP contribution in [0.2, 0.25) is 5.02 Å². The van der Waals surface area contributed by atoms with Crippen molar-refractivity contribution in [2.45, 2.75) is 6.54 Å². The summed E-state index contributed by atoms with van der Waals surface area (Å²) in [5.74, 6) is 0. The maximum absolute atomic E-state index is 12.3. The van der Waals surface area contributed by atoms with Crippen LogP contribution in [0, 0.1) is 0 Å². The predicted octanol–water partition coefficient (Wildman–Crippen LogP) is 2.51. The van der Waals surface area contributed by atoms with Gasteiger partial charge in [-0.15, -0.1) is 0 Å². The van der Waals surface area contributed by atoms with Gasteiger partial charge in [-0.2, -0.15) is 0 Å². The zero-order valence-corrected chi connectivity index (χ0v) is 11.0. The average Bonchev–Trinajstić information content (AvgIpc) is 2.88. The molecule has 100 valence electrons. The number of aromatic nitrogens is 2. The van der Waals surface area contributed by atoms with Crippen molar-refractivity contribution in [3.8, 4) is 11.1 Å². The summed E-state index contributed by atoms with van der Waals surface area (Å²) in [6.45, 7) is -0.0347. The Hall–Kier alpha value is -2.40. The Morgan fingerprint density at radius 2 is 2.05 bits per heavy atom. The van der Waals surface area contributed by atoms with Gasteiger partial charge in [-0.3, -0.25) is 9.36 Å². The highest BCUT2D eigenvalue weighted by Crippen LogP contribution is 2.28. The topological polar surface area (TPSA) is 65.1 Å². The van der Waals surface area contributed by atoms with E-state index >= 15 is 0 Å². The number of benzene rings is 1.